The van der Waals surface area contributed by atoms with Crippen LogP contribution in [-0.2, 0) is 6.42 Å². The minimum Gasteiger partial charge on any atom is -0.319 e. The van der Waals surface area contributed by atoms with Crippen molar-refractivity contribution in [2.24, 2.45) is 11.8 Å². The zero-order chi connectivity index (χ0) is 13.4. The average molecular weight is 268 g/mol. The standard InChI is InChI=1S/C16H26ClN/c1-13(2)5-4-6-15(12-18-3)11-14-7-9-16(17)10-8-14/h7-10,13,15,18H,4-6,11-12H2,1-3H3. The quantitative estimate of drug-likeness (QED) is 0.729. The van der Waals surface area contributed by atoms with E-state index in [1.54, 1.807) is 0 Å². The van der Waals surface area contributed by atoms with Crippen LogP contribution < -0.4 is 5.32 Å². The van der Waals surface area contributed by atoms with E-state index in [0.29, 0.717) is 0 Å². The average Bonchev–Trinajstić information content (AvgIpc) is 2.32. The molecular formula is C16H26ClN. The predicted octanol–water partition coefficient (Wildman–Crippen LogP) is 4.54. The van der Waals surface area contributed by atoms with Gasteiger partial charge in [-0.2, -0.15) is 0 Å². The van der Waals surface area contributed by atoms with Gasteiger partial charge in [-0.1, -0.05) is 50.4 Å². The summed E-state index contributed by atoms with van der Waals surface area (Å²) in [4.78, 5) is 0. The number of hydrogen-bond donors (Lipinski definition) is 1. The third-order valence-electron chi connectivity index (χ3n) is 3.32. The Morgan fingerprint density at radius 1 is 1.11 bits per heavy atom. The first-order chi connectivity index (χ1) is 8.61. The van der Waals surface area contributed by atoms with Crippen LogP contribution in [0, 0.1) is 11.8 Å². The molecule has 0 bridgehead atoms. The first-order valence-corrected chi connectivity index (χ1v) is 7.38. The van der Waals surface area contributed by atoms with E-state index in [2.05, 4.69) is 31.3 Å². The van der Waals surface area contributed by atoms with Gasteiger partial charge in [0, 0.05) is 5.02 Å². The molecule has 0 aliphatic carbocycles. The highest BCUT2D eigenvalue weighted by Gasteiger charge is 2.09. The normalized spacial score (nSPS) is 12.9. The van der Waals surface area contributed by atoms with Crippen molar-refractivity contribution in [3.8, 4) is 0 Å². The number of nitrogens with one attached hydrogen (secondary N) is 1. The van der Waals surface area contributed by atoms with Gasteiger partial charge >= 0.3 is 0 Å². The summed E-state index contributed by atoms with van der Waals surface area (Å²) < 4.78 is 0. The largest absolute Gasteiger partial charge is 0.319 e. The van der Waals surface area contributed by atoms with Crippen LogP contribution in [0.15, 0.2) is 24.3 Å². The summed E-state index contributed by atoms with van der Waals surface area (Å²) in [7, 11) is 2.04. The van der Waals surface area contributed by atoms with Crippen molar-refractivity contribution >= 4 is 11.6 Å². The molecule has 1 unspecified atom stereocenters. The summed E-state index contributed by atoms with van der Waals surface area (Å²) in [5.74, 6) is 1.55. The topological polar surface area (TPSA) is 12.0 Å². The maximum atomic E-state index is 5.92. The number of benzene rings is 1. The summed E-state index contributed by atoms with van der Waals surface area (Å²) in [6, 6.07) is 8.27. The van der Waals surface area contributed by atoms with Crippen LogP contribution in [0.3, 0.4) is 0 Å². The van der Waals surface area contributed by atoms with Crippen LogP contribution in [0.2, 0.25) is 5.02 Å². The molecule has 2 heteroatoms. The molecule has 0 spiro atoms. The minimum atomic E-state index is 0.731. The van der Waals surface area contributed by atoms with Crippen molar-refractivity contribution in [2.45, 2.75) is 39.5 Å². The zero-order valence-corrected chi connectivity index (χ0v) is 12.6. The van der Waals surface area contributed by atoms with E-state index >= 15 is 0 Å². The van der Waals surface area contributed by atoms with Gasteiger partial charge in [0.1, 0.15) is 0 Å². The van der Waals surface area contributed by atoms with Crippen LogP contribution in [-0.4, -0.2) is 13.6 Å². The highest BCUT2D eigenvalue weighted by Crippen LogP contribution is 2.18. The molecule has 1 rings (SSSR count). The first-order valence-electron chi connectivity index (χ1n) is 7.01. The SMILES string of the molecule is CNCC(CCCC(C)C)Cc1ccc(Cl)cc1. The highest BCUT2D eigenvalue weighted by atomic mass is 35.5. The second-order valence-corrected chi connectivity index (χ2v) is 6.02. The molecule has 1 aromatic carbocycles. The second-order valence-electron chi connectivity index (χ2n) is 5.58. The Kier molecular flexibility index (Phi) is 7.38. The summed E-state index contributed by atoms with van der Waals surface area (Å²) in [5, 5.41) is 4.13. The first kappa shape index (κ1) is 15.5. The molecule has 1 N–H and O–H groups in total. The van der Waals surface area contributed by atoms with E-state index in [-0.39, 0.29) is 0 Å². The van der Waals surface area contributed by atoms with Gasteiger partial charge in [-0.15, -0.1) is 0 Å². The van der Waals surface area contributed by atoms with Crippen LogP contribution in [0.4, 0.5) is 0 Å². The Bertz CT molecular complexity index is 318. The van der Waals surface area contributed by atoms with E-state index in [1.807, 2.05) is 19.2 Å². The number of halogens is 1. The van der Waals surface area contributed by atoms with Crippen molar-refractivity contribution in [3.05, 3.63) is 34.9 Å². The fourth-order valence-corrected chi connectivity index (χ4v) is 2.46. The van der Waals surface area contributed by atoms with E-state index in [0.717, 1.165) is 29.8 Å². The molecule has 0 radical (unpaired) electrons. The molecular weight excluding hydrogens is 242 g/mol. The van der Waals surface area contributed by atoms with Gasteiger partial charge in [-0.05, 0) is 56.0 Å². The van der Waals surface area contributed by atoms with Crippen molar-refractivity contribution in [1.82, 2.24) is 5.32 Å². The van der Waals surface area contributed by atoms with Gasteiger partial charge in [0.25, 0.3) is 0 Å². The van der Waals surface area contributed by atoms with Crippen molar-refractivity contribution in [3.63, 3.8) is 0 Å². The third kappa shape index (κ3) is 6.42. The lowest BCUT2D eigenvalue weighted by atomic mass is 9.92. The van der Waals surface area contributed by atoms with E-state index < -0.39 is 0 Å². The molecule has 102 valence electrons. The Morgan fingerprint density at radius 3 is 2.33 bits per heavy atom. The molecule has 0 saturated carbocycles. The van der Waals surface area contributed by atoms with Crippen LogP contribution >= 0.6 is 11.6 Å². The van der Waals surface area contributed by atoms with Crippen LogP contribution in [0.25, 0.3) is 0 Å². The molecule has 1 aromatic rings. The molecule has 0 heterocycles. The van der Waals surface area contributed by atoms with Crippen LogP contribution in [0.5, 0.6) is 0 Å². The monoisotopic (exact) mass is 267 g/mol. The molecule has 0 amide bonds. The third-order valence-corrected chi connectivity index (χ3v) is 3.58. The highest BCUT2D eigenvalue weighted by molar-refractivity contribution is 6.30. The van der Waals surface area contributed by atoms with Crippen molar-refractivity contribution < 1.29 is 0 Å². The summed E-state index contributed by atoms with van der Waals surface area (Å²) in [6.45, 7) is 5.69. The van der Waals surface area contributed by atoms with Crippen molar-refractivity contribution in [2.75, 3.05) is 13.6 Å². The Morgan fingerprint density at radius 2 is 1.78 bits per heavy atom. The molecule has 0 aliphatic heterocycles. The number of hydrogen-bond acceptors (Lipinski definition) is 1. The van der Waals surface area contributed by atoms with E-state index in [4.69, 9.17) is 11.6 Å². The minimum absolute atomic E-state index is 0.731. The zero-order valence-electron chi connectivity index (χ0n) is 11.9. The fourth-order valence-electron chi connectivity index (χ4n) is 2.33. The van der Waals surface area contributed by atoms with E-state index in [9.17, 15) is 0 Å². The molecule has 1 atom stereocenters. The molecule has 0 saturated heterocycles. The summed E-state index contributed by atoms with van der Waals surface area (Å²) >= 11 is 5.92. The lowest BCUT2D eigenvalue weighted by Crippen LogP contribution is -2.21. The molecule has 0 aliphatic rings. The van der Waals surface area contributed by atoms with Gasteiger partial charge in [0.15, 0.2) is 0 Å². The number of rotatable bonds is 8. The summed E-state index contributed by atoms with van der Waals surface area (Å²) in [5.41, 5.74) is 1.39. The van der Waals surface area contributed by atoms with Crippen molar-refractivity contribution in [1.29, 1.82) is 0 Å². The van der Waals surface area contributed by atoms with E-state index in [1.165, 1.54) is 24.8 Å². The Balaban J connectivity index is 2.43. The smallest absolute Gasteiger partial charge is 0.0406 e. The van der Waals surface area contributed by atoms with Gasteiger partial charge in [0.2, 0.25) is 0 Å². The van der Waals surface area contributed by atoms with Gasteiger partial charge in [-0.3, -0.25) is 0 Å². The predicted molar refractivity (Wildman–Crippen MR) is 81.3 cm³/mol. The molecule has 0 fully saturated rings. The maximum Gasteiger partial charge on any atom is 0.0406 e. The fraction of sp³-hybridized carbons (Fsp3) is 0.625. The Hall–Kier alpha value is -0.530. The molecule has 0 aromatic heterocycles. The molecule has 1 nitrogen and oxygen atoms in total. The summed E-state index contributed by atoms with van der Waals surface area (Å²) in [6.07, 6.45) is 5.12. The lowest BCUT2D eigenvalue weighted by molar-refractivity contribution is 0.417. The lowest BCUT2D eigenvalue weighted by Gasteiger charge is -2.17. The van der Waals surface area contributed by atoms with Gasteiger partial charge in [0.05, 0.1) is 0 Å². The Labute approximate surface area is 117 Å². The van der Waals surface area contributed by atoms with Gasteiger partial charge in [-0.25, -0.2) is 0 Å². The molecule has 18 heavy (non-hydrogen) atoms. The second kappa shape index (κ2) is 8.55. The van der Waals surface area contributed by atoms with Crippen LogP contribution in [0.1, 0.15) is 38.7 Å². The van der Waals surface area contributed by atoms with Gasteiger partial charge < -0.3 is 5.32 Å². The maximum absolute atomic E-state index is 5.92.